The van der Waals surface area contributed by atoms with Gasteiger partial charge in [0.25, 0.3) is 5.56 Å². The Morgan fingerprint density at radius 1 is 1.08 bits per heavy atom. The molecule has 7 nitrogen and oxygen atoms in total. The van der Waals surface area contributed by atoms with Crippen molar-refractivity contribution in [3.8, 4) is 0 Å². The molecule has 26 heavy (non-hydrogen) atoms. The second kappa shape index (κ2) is 7.00. The highest BCUT2D eigenvalue weighted by Crippen LogP contribution is 2.34. The Bertz CT molecular complexity index is 965. The van der Waals surface area contributed by atoms with Gasteiger partial charge in [0.05, 0.1) is 44.1 Å². The van der Waals surface area contributed by atoms with Gasteiger partial charge in [0, 0.05) is 4.88 Å². The molecule has 4 rings (SSSR count). The largest absolute Gasteiger partial charge is 0.548 e. The second-order valence-corrected chi connectivity index (χ2v) is 8.38. The van der Waals surface area contributed by atoms with Crippen LogP contribution in [0.15, 0.2) is 9.59 Å². The van der Waals surface area contributed by atoms with Crippen LogP contribution < -0.4 is 21.3 Å². The third-order valence-corrected chi connectivity index (χ3v) is 6.92. The number of likely N-dealkylation sites (tertiary alicyclic amines) is 1. The van der Waals surface area contributed by atoms with Gasteiger partial charge in [-0.25, -0.2) is 4.79 Å². The average molecular weight is 377 g/mol. The molecule has 2 aliphatic rings. The van der Waals surface area contributed by atoms with E-state index in [4.69, 9.17) is 0 Å². The van der Waals surface area contributed by atoms with Crippen molar-refractivity contribution in [2.24, 2.45) is 0 Å². The minimum atomic E-state index is -1.41. The molecule has 1 aliphatic carbocycles. The van der Waals surface area contributed by atoms with E-state index in [1.54, 1.807) is 4.57 Å². The number of fused-ring (bicyclic) bond motifs is 3. The standard InChI is InChI=1S/C18H23N3O4S/c22-14(23)11-21-16(24)15-12-5-4-6-13(12)26-17(15)20(18(21)25)10-9-19-7-2-1-3-8-19/h1-11H2,(H,22,23). The zero-order chi connectivity index (χ0) is 18.3. The van der Waals surface area contributed by atoms with E-state index >= 15 is 0 Å². The van der Waals surface area contributed by atoms with Crippen LogP contribution in [0, 0.1) is 0 Å². The first-order valence-electron chi connectivity index (χ1n) is 9.37. The predicted molar refractivity (Wildman–Crippen MR) is 96.8 cm³/mol. The summed E-state index contributed by atoms with van der Waals surface area (Å²) in [5, 5.41) is 11.6. The van der Waals surface area contributed by atoms with E-state index in [0.717, 1.165) is 53.9 Å². The van der Waals surface area contributed by atoms with Crippen molar-refractivity contribution in [3.05, 3.63) is 31.3 Å². The first-order valence-corrected chi connectivity index (χ1v) is 10.2. The molecule has 1 saturated heterocycles. The second-order valence-electron chi connectivity index (χ2n) is 7.30. The van der Waals surface area contributed by atoms with Crippen LogP contribution >= 0.6 is 11.3 Å². The third kappa shape index (κ3) is 3.01. The summed E-state index contributed by atoms with van der Waals surface area (Å²) in [6.45, 7) is 2.86. The molecule has 1 aliphatic heterocycles. The van der Waals surface area contributed by atoms with Crippen molar-refractivity contribution in [2.45, 2.75) is 51.6 Å². The molecule has 1 N–H and O–H groups in total. The summed E-state index contributed by atoms with van der Waals surface area (Å²) in [6, 6.07) is 0. The lowest BCUT2D eigenvalue weighted by molar-refractivity contribution is -0.905. The lowest BCUT2D eigenvalue weighted by Gasteiger charge is -2.24. The zero-order valence-corrected chi connectivity index (χ0v) is 15.5. The molecule has 2 aromatic heterocycles. The van der Waals surface area contributed by atoms with E-state index in [0.29, 0.717) is 11.9 Å². The molecule has 140 valence electrons. The summed E-state index contributed by atoms with van der Waals surface area (Å²) in [6.07, 6.45) is 6.44. The normalized spacial score (nSPS) is 17.7. The summed E-state index contributed by atoms with van der Waals surface area (Å²) < 4.78 is 2.47. The molecule has 8 heteroatoms. The van der Waals surface area contributed by atoms with Crippen molar-refractivity contribution >= 4 is 27.5 Å². The van der Waals surface area contributed by atoms with Crippen LogP contribution in [-0.4, -0.2) is 34.7 Å². The van der Waals surface area contributed by atoms with Gasteiger partial charge in [0.15, 0.2) is 0 Å². The van der Waals surface area contributed by atoms with Gasteiger partial charge in [-0.05, 0) is 44.1 Å². The number of hydrogen-bond donors (Lipinski definition) is 1. The molecular weight excluding hydrogens is 354 g/mol. The molecule has 0 unspecified atom stereocenters. The van der Waals surface area contributed by atoms with E-state index in [2.05, 4.69) is 0 Å². The molecule has 0 radical (unpaired) electrons. The fourth-order valence-electron chi connectivity index (χ4n) is 4.29. The number of thiophene rings is 1. The van der Waals surface area contributed by atoms with Gasteiger partial charge in [0.1, 0.15) is 4.83 Å². The van der Waals surface area contributed by atoms with Crippen LogP contribution in [0.1, 0.15) is 36.1 Å². The molecule has 3 heterocycles. The number of nitrogens with one attached hydrogen (secondary N) is 1. The van der Waals surface area contributed by atoms with Crippen LogP contribution in [0.25, 0.3) is 10.2 Å². The number of aliphatic carboxylic acids is 1. The minimum absolute atomic E-state index is 0.477. The lowest BCUT2D eigenvalue weighted by atomic mass is 10.1. The van der Waals surface area contributed by atoms with Gasteiger partial charge in [-0.1, -0.05) is 0 Å². The van der Waals surface area contributed by atoms with Crippen molar-refractivity contribution in [1.82, 2.24) is 9.13 Å². The predicted octanol–water partition coefficient (Wildman–Crippen LogP) is -1.47. The zero-order valence-electron chi connectivity index (χ0n) is 14.7. The van der Waals surface area contributed by atoms with Gasteiger partial charge in [-0.15, -0.1) is 11.3 Å². The Morgan fingerprint density at radius 2 is 1.85 bits per heavy atom. The molecule has 0 saturated carbocycles. The van der Waals surface area contributed by atoms with Crippen molar-refractivity contribution in [3.63, 3.8) is 0 Å². The van der Waals surface area contributed by atoms with Gasteiger partial charge in [0.2, 0.25) is 0 Å². The fourth-order valence-corrected chi connectivity index (χ4v) is 5.69. The Hall–Kier alpha value is -1.93. The highest BCUT2D eigenvalue weighted by molar-refractivity contribution is 7.18. The third-order valence-electron chi connectivity index (χ3n) is 5.61. The Kier molecular flexibility index (Phi) is 4.71. The minimum Gasteiger partial charge on any atom is -0.548 e. The van der Waals surface area contributed by atoms with Gasteiger partial charge in [-0.3, -0.25) is 13.9 Å². The number of carbonyl (C=O) groups excluding carboxylic acids is 1. The number of carboxylic acid groups (broad SMARTS) is 1. The first-order chi connectivity index (χ1) is 12.6. The maximum atomic E-state index is 12.9. The molecule has 0 atom stereocenters. The summed E-state index contributed by atoms with van der Waals surface area (Å²) >= 11 is 1.53. The molecule has 0 bridgehead atoms. The number of hydrogen-bond acceptors (Lipinski definition) is 5. The van der Waals surface area contributed by atoms with Crippen LogP contribution in [-0.2, 0) is 30.7 Å². The van der Waals surface area contributed by atoms with E-state index in [-0.39, 0.29) is 0 Å². The van der Waals surface area contributed by atoms with Crippen LogP contribution in [0.4, 0.5) is 0 Å². The van der Waals surface area contributed by atoms with Crippen LogP contribution in [0.2, 0.25) is 0 Å². The molecule has 0 spiro atoms. The van der Waals surface area contributed by atoms with E-state index in [1.165, 1.54) is 40.4 Å². The highest BCUT2D eigenvalue weighted by Gasteiger charge is 2.25. The number of aryl methyl sites for hydroxylation is 2. The molecule has 0 amide bonds. The quantitative estimate of drug-likeness (QED) is 0.689. The van der Waals surface area contributed by atoms with Crippen LogP contribution in [0.5, 0.6) is 0 Å². The summed E-state index contributed by atoms with van der Waals surface area (Å²) in [5.74, 6) is -1.41. The van der Waals surface area contributed by atoms with Gasteiger partial charge in [-0.2, -0.15) is 0 Å². The molecule has 2 aromatic rings. The highest BCUT2D eigenvalue weighted by atomic mass is 32.1. The van der Waals surface area contributed by atoms with Gasteiger partial charge >= 0.3 is 5.69 Å². The van der Waals surface area contributed by atoms with E-state index in [9.17, 15) is 19.5 Å². The molecular formula is C18H23N3O4S. The average Bonchev–Trinajstić information content (AvgIpc) is 3.20. The summed E-state index contributed by atoms with van der Waals surface area (Å²) in [7, 11) is 0. The number of quaternary nitrogens is 1. The SMILES string of the molecule is O=C([O-])Cn1c(=O)c2c3c(sc2n(CC[NH+]2CCCCC2)c1=O)CCC3. The molecule has 0 aromatic carbocycles. The topological polar surface area (TPSA) is 88.6 Å². The van der Waals surface area contributed by atoms with Crippen molar-refractivity contribution in [1.29, 1.82) is 0 Å². The van der Waals surface area contributed by atoms with E-state index < -0.39 is 23.8 Å². The van der Waals surface area contributed by atoms with Gasteiger partial charge < -0.3 is 14.8 Å². The Morgan fingerprint density at radius 3 is 2.58 bits per heavy atom. The van der Waals surface area contributed by atoms with Crippen LogP contribution in [0.3, 0.4) is 0 Å². The fraction of sp³-hybridized carbons (Fsp3) is 0.611. The number of aromatic nitrogens is 2. The first kappa shape index (κ1) is 17.5. The number of carbonyl (C=O) groups is 1. The number of carboxylic acids is 1. The van der Waals surface area contributed by atoms with E-state index in [1.807, 2.05) is 0 Å². The number of nitrogens with zero attached hydrogens (tertiary/aromatic N) is 2. The maximum absolute atomic E-state index is 12.9. The Labute approximate surface area is 154 Å². The Balaban J connectivity index is 1.80. The number of piperidine rings is 1. The summed E-state index contributed by atoms with van der Waals surface area (Å²) in [4.78, 5) is 40.1. The number of rotatable bonds is 5. The lowest BCUT2D eigenvalue weighted by Crippen LogP contribution is -3.13. The molecule has 1 fully saturated rings. The van der Waals surface area contributed by atoms with Crippen molar-refractivity contribution in [2.75, 3.05) is 19.6 Å². The summed E-state index contributed by atoms with van der Waals surface area (Å²) in [5.41, 5.74) is 0.0133. The van der Waals surface area contributed by atoms with Crippen molar-refractivity contribution < 1.29 is 14.8 Å². The monoisotopic (exact) mass is 377 g/mol. The maximum Gasteiger partial charge on any atom is 0.332 e. The smallest absolute Gasteiger partial charge is 0.332 e.